The van der Waals surface area contributed by atoms with Gasteiger partial charge in [0.2, 0.25) is 11.8 Å². The van der Waals surface area contributed by atoms with E-state index < -0.39 is 12.1 Å². The van der Waals surface area contributed by atoms with Gasteiger partial charge in [-0.15, -0.1) is 0 Å². The quantitative estimate of drug-likeness (QED) is 0.508. The first-order valence-corrected chi connectivity index (χ1v) is 13.5. The normalized spacial score (nSPS) is 30.5. The number of aromatic amines is 1. The zero-order valence-corrected chi connectivity index (χ0v) is 21.3. The highest BCUT2D eigenvalue weighted by molar-refractivity contribution is 6.02. The number of hydrogen-bond acceptors (Lipinski definition) is 5. The molecule has 0 spiro atoms. The highest BCUT2D eigenvalue weighted by Gasteiger charge is 2.54. The van der Waals surface area contributed by atoms with Crippen LogP contribution in [0.2, 0.25) is 0 Å². The number of likely N-dealkylation sites (tertiary alicyclic amines) is 1. The van der Waals surface area contributed by atoms with Gasteiger partial charge >= 0.3 is 0 Å². The average molecular weight is 507 g/mol. The monoisotopic (exact) mass is 506 g/mol. The molecule has 1 aromatic heterocycles. The van der Waals surface area contributed by atoms with Crippen LogP contribution in [0.15, 0.2) is 24.3 Å². The van der Waals surface area contributed by atoms with E-state index in [4.69, 9.17) is 4.74 Å². The number of aromatic nitrogens is 1. The van der Waals surface area contributed by atoms with E-state index in [1.807, 2.05) is 18.2 Å². The van der Waals surface area contributed by atoms with Crippen molar-refractivity contribution in [2.75, 3.05) is 13.7 Å². The molecule has 4 fully saturated rings. The number of nitrogens with one attached hydrogen (secondary N) is 3. The summed E-state index contributed by atoms with van der Waals surface area (Å²) in [5, 5.41) is 6.79. The number of ether oxygens (including phenoxy) is 1. The number of piperidine rings is 1. The van der Waals surface area contributed by atoms with Crippen molar-refractivity contribution in [3.05, 3.63) is 30.0 Å². The van der Waals surface area contributed by atoms with Crippen LogP contribution in [0.1, 0.15) is 55.9 Å². The largest absolute Gasteiger partial charge is 0.496 e. The Kier molecular flexibility index (Phi) is 5.96. The average Bonchev–Trinajstić information content (AvgIpc) is 3.26. The molecule has 37 heavy (non-hydrogen) atoms. The molecule has 1 aromatic carbocycles. The number of nitrogens with zero attached hydrogens (tertiary/aromatic N) is 1. The maximum absolute atomic E-state index is 13.8. The summed E-state index contributed by atoms with van der Waals surface area (Å²) in [6.45, 7) is 2.30. The number of carbonyl (C=O) groups is 4. The molecule has 2 aliphatic carbocycles. The first-order chi connectivity index (χ1) is 17.9. The zero-order valence-electron chi connectivity index (χ0n) is 21.3. The van der Waals surface area contributed by atoms with Crippen molar-refractivity contribution in [1.82, 2.24) is 20.5 Å². The predicted octanol–water partition coefficient (Wildman–Crippen LogP) is 2.41. The lowest BCUT2D eigenvalue weighted by Gasteiger charge is -2.29. The van der Waals surface area contributed by atoms with Gasteiger partial charge in [-0.05, 0) is 61.6 Å². The van der Waals surface area contributed by atoms with Crippen LogP contribution in [-0.4, -0.2) is 65.2 Å². The standard InChI is InChI=1S/C28H34N4O5/c1-3-23(33)21(11-17-16-10-20(16)30-26(17)34)31-27(35)25-15-7-4-6-14(15)13-32(25)28(36)22-12-18-19(29-22)8-5-9-24(18)37-2/h5,8-9,12,14-17,20-21,25,29H,3-4,6-7,10-11,13H2,1-2H3,(H,30,34)(H,31,35)/t14-,15-,16+,17+,20+,21-,25-/m0/s1. The van der Waals surface area contributed by atoms with Crippen LogP contribution < -0.4 is 15.4 Å². The molecule has 2 saturated carbocycles. The Morgan fingerprint density at radius 3 is 2.78 bits per heavy atom. The number of rotatable bonds is 8. The van der Waals surface area contributed by atoms with Gasteiger partial charge in [-0.2, -0.15) is 0 Å². The Hall–Kier alpha value is -3.36. The first-order valence-electron chi connectivity index (χ1n) is 13.5. The summed E-state index contributed by atoms with van der Waals surface area (Å²) in [6.07, 6.45) is 4.45. The van der Waals surface area contributed by atoms with Gasteiger partial charge in [-0.3, -0.25) is 19.2 Å². The Balaban J connectivity index is 1.25. The maximum atomic E-state index is 13.8. The molecule has 2 saturated heterocycles. The third-order valence-electron chi connectivity index (χ3n) is 9.06. The maximum Gasteiger partial charge on any atom is 0.271 e. The second kappa shape index (κ2) is 9.19. The van der Waals surface area contributed by atoms with Gasteiger partial charge in [0.25, 0.3) is 5.91 Å². The molecule has 2 aromatic rings. The molecule has 0 radical (unpaired) electrons. The van der Waals surface area contributed by atoms with E-state index in [1.165, 1.54) is 0 Å². The summed E-state index contributed by atoms with van der Waals surface area (Å²) in [6, 6.07) is 6.26. The van der Waals surface area contributed by atoms with E-state index in [9.17, 15) is 19.2 Å². The highest BCUT2D eigenvalue weighted by Crippen LogP contribution is 2.45. The topological polar surface area (TPSA) is 121 Å². The molecule has 9 heteroatoms. The third-order valence-corrected chi connectivity index (χ3v) is 9.06. The smallest absolute Gasteiger partial charge is 0.271 e. The van der Waals surface area contributed by atoms with Gasteiger partial charge in [0.1, 0.15) is 17.5 Å². The summed E-state index contributed by atoms with van der Waals surface area (Å²) in [7, 11) is 1.60. The van der Waals surface area contributed by atoms with Gasteiger partial charge < -0.3 is 25.3 Å². The van der Waals surface area contributed by atoms with Crippen LogP contribution in [0.5, 0.6) is 5.75 Å². The molecular weight excluding hydrogens is 472 g/mol. The van der Waals surface area contributed by atoms with Crippen LogP contribution in [0, 0.1) is 23.7 Å². The van der Waals surface area contributed by atoms with Gasteiger partial charge in [0.05, 0.1) is 13.2 Å². The summed E-state index contributed by atoms with van der Waals surface area (Å²) >= 11 is 0. The number of ketones is 1. The third kappa shape index (κ3) is 4.08. The fourth-order valence-electron chi connectivity index (χ4n) is 7.05. The van der Waals surface area contributed by atoms with Crippen LogP contribution in [0.25, 0.3) is 10.9 Å². The molecule has 3 N–H and O–H groups in total. The summed E-state index contributed by atoms with van der Waals surface area (Å²) in [5.74, 6) is 0.437. The van der Waals surface area contributed by atoms with E-state index in [-0.39, 0.29) is 59.6 Å². The van der Waals surface area contributed by atoms with E-state index in [2.05, 4.69) is 15.6 Å². The molecular formula is C28H34N4O5. The fraction of sp³-hybridized carbons (Fsp3) is 0.571. The van der Waals surface area contributed by atoms with Crippen molar-refractivity contribution in [1.29, 1.82) is 0 Å². The summed E-state index contributed by atoms with van der Waals surface area (Å²) in [4.78, 5) is 57.7. The van der Waals surface area contributed by atoms with Crippen molar-refractivity contribution in [2.45, 2.75) is 63.6 Å². The molecule has 3 amide bonds. The Morgan fingerprint density at radius 2 is 2.05 bits per heavy atom. The lowest BCUT2D eigenvalue weighted by Crippen LogP contribution is -2.53. The number of amides is 3. The van der Waals surface area contributed by atoms with Crippen molar-refractivity contribution in [3.63, 3.8) is 0 Å². The predicted molar refractivity (Wildman–Crippen MR) is 136 cm³/mol. The number of Topliss-reactive ketones (excluding diaryl/α,β-unsaturated/α-hetero) is 1. The van der Waals surface area contributed by atoms with Crippen LogP contribution >= 0.6 is 0 Å². The van der Waals surface area contributed by atoms with Crippen molar-refractivity contribution in [3.8, 4) is 5.75 Å². The number of hydrogen-bond donors (Lipinski definition) is 3. The second-order valence-electron chi connectivity index (χ2n) is 11.1. The van der Waals surface area contributed by atoms with Crippen LogP contribution in [-0.2, 0) is 14.4 Å². The Bertz CT molecular complexity index is 1270. The molecule has 3 heterocycles. The molecule has 196 valence electrons. The number of fused-ring (bicyclic) bond motifs is 3. The Labute approximate surface area is 215 Å². The minimum atomic E-state index is -0.720. The SMILES string of the molecule is CCC(=O)[C@H](C[C@H]1C(=O)N[C@@H]2C[C@@H]21)NC(=O)[C@@H]1[C@H]2CCC[C@H]2CN1C(=O)c1cc2c(OC)cccc2[nH]1. The molecule has 9 nitrogen and oxygen atoms in total. The number of carbonyl (C=O) groups excluding carboxylic acids is 4. The van der Waals surface area contributed by atoms with Crippen LogP contribution in [0.4, 0.5) is 0 Å². The van der Waals surface area contributed by atoms with Gasteiger partial charge in [0, 0.05) is 35.8 Å². The van der Waals surface area contributed by atoms with Gasteiger partial charge in [-0.25, -0.2) is 0 Å². The highest BCUT2D eigenvalue weighted by atomic mass is 16.5. The Morgan fingerprint density at radius 1 is 1.22 bits per heavy atom. The molecule has 0 bridgehead atoms. The van der Waals surface area contributed by atoms with E-state index in [0.717, 1.165) is 36.6 Å². The second-order valence-corrected chi connectivity index (χ2v) is 11.1. The van der Waals surface area contributed by atoms with Gasteiger partial charge in [0.15, 0.2) is 5.78 Å². The minimum absolute atomic E-state index is 0.0211. The molecule has 4 aliphatic rings. The lowest BCUT2D eigenvalue weighted by molar-refractivity contribution is -0.132. The van der Waals surface area contributed by atoms with Crippen LogP contribution in [0.3, 0.4) is 0 Å². The molecule has 6 rings (SSSR count). The van der Waals surface area contributed by atoms with Crippen molar-refractivity contribution >= 4 is 34.4 Å². The minimum Gasteiger partial charge on any atom is -0.496 e. The first kappa shape index (κ1) is 24.0. The fourth-order valence-corrected chi connectivity index (χ4v) is 7.05. The van der Waals surface area contributed by atoms with E-state index >= 15 is 0 Å². The zero-order chi connectivity index (χ0) is 25.8. The van der Waals surface area contributed by atoms with Gasteiger partial charge in [-0.1, -0.05) is 19.4 Å². The summed E-state index contributed by atoms with van der Waals surface area (Å²) < 4.78 is 5.45. The number of methoxy groups -OCH3 is 1. The lowest BCUT2D eigenvalue weighted by atomic mass is 9.90. The number of benzene rings is 1. The molecule has 0 unspecified atom stereocenters. The number of H-pyrrole nitrogens is 1. The van der Waals surface area contributed by atoms with Crippen molar-refractivity contribution in [2.24, 2.45) is 23.7 Å². The van der Waals surface area contributed by atoms with E-state index in [1.54, 1.807) is 25.0 Å². The molecule has 7 atom stereocenters. The molecule has 2 aliphatic heterocycles. The summed E-state index contributed by atoms with van der Waals surface area (Å²) in [5.41, 5.74) is 1.21. The van der Waals surface area contributed by atoms with Crippen molar-refractivity contribution < 1.29 is 23.9 Å². The van der Waals surface area contributed by atoms with E-state index in [0.29, 0.717) is 24.4 Å².